The highest BCUT2D eigenvalue weighted by molar-refractivity contribution is 5.92. The Morgan fingerprint density at radius 1 is 1.00 bits per heavy atom. The van der Waals surface area contributed by atoms with Crippen molar-refractivity contribution in [1.82, 2.24) is 4.90 Å². The summed E-state index contributed by atoms with van der Waals surface area (Å²) in [6.07, 6.45) is 0. The number of nitrogens with zero attached hydrogens (tertiary/aromatic N) is 1. The number of hydrogen-bond acceptors (Lipinski definition) is 4. The summed E-state index contributed by atoms with van der Waals surface area (Å²) >= 11 is 0. The second-order valence-corrected chi connectivity index (χ2v) is 4.78. The van der Waals surface area contributed by atoms with E-state index in [4.69, 9.17) is 10.2 Å². The smallest absolute Gasteiger partial charge is 0.317 e. The van der Waals surface area contributed by atoms with Gasteiger partial charge in [0.05, 0.1) is 19.6 Å². The van der Waals surface area contributed by atoms with Crippen molar-refractivity contribution in [2.75, 3.05) is 25.0 Å². The van der Waals surface area contributed by atoms with E-state index in [1.54, 1.807) is 12.1 Å². The molecule has 0 aliphatic carbocycles. The first-order chi connectivity index (χ1) is 9.77. The summed E-state index contributed by atoms with van der Waals surface area (Å²) in [4.78, 5) is 34.2. The van der Waals surface area contributed by atoms with Crippen molar-refractivity contribution < 1.29 is 24.6 Å². The number of nitrogens with one attached hydrogen (secondary N) is 1. The van der Waals surface area contributed by atoms with E-state index in [0.717, 1.165) is 16.0 Å². The molecule has 0 saturated heterocycles. The first-order valence-electron chi connectivity index (χ1n) is 6.31. The molecular formula is C14H18N2O5. The summed E-state index contributed by atoms with van der Waals surface area (Å²) in [6, 6.07) is 5.39. The number of aryl methyl sites for hydroxylation is 2. The van der Waals surface area contributed by atoms with Crippen LogP contribution in [-0.4, -0.2) is 52.6 Å². The molecule has 21 heavy (non-hydrogen) atoms. The van der Waals surface area contributed by atoms with Crippen LogP contribution in [0.4, 0.5) is 5.69 Å². The quantitative estimate of drug-likeness (QED) is 0.684. The van der Waals surface area contributed by atoms with Gasteiger partial charge in [-0.05, 0) is 37.1 Å². The van der Waals surface area contributed by atoms with Crippen LogP contribution in [0.2, 0.25) is 0 Å². The van der Waals surface area contributed by atoms with Gasteiger partial charge >= 0.3 is 11.9 Å². The highest BCUT2D eigenvalue weighted by atomic mass is 16.4. The summed E-state index contributed by atoms with van der Waals surface area (Å²) < 4.78 is 0. The molecule has 1 rings (SSSR count). The molecule has 0 radical (unpaired) electrons. The molecule has 114 valence electrons. The fourth-order valence-electron chi connectivity index (χ4n) is 1.77. The highest BCUT2D eigenvalue weighted by Gasteiger charge is 2.17. The lowest BCUT2D eigenvalue weighted by Crippen LogP contribution is -2.40. The number of hydrogen-bond donors (Lipinski definition) is 3. The van der Waals surface area contributed by atoms with Gasteiger partial charge in [-0.3, -0.25) is 19.3 Å². The third-order valence-corrected chi connectivity index (χ3v) is 2.88. The minimum Gasteiger partial charge on any atom is -0.480 e. The number of carboxylic acid groups (broad SMARTS) is 2. The van der Waals surface area contributed by atoms with E-state index in [-0.39, 0.29) is 6.54 Å². The van der Waals surface area contributed by atoms with Gasteiger partial charge in [-0.15, -0.1) is 0 Å². The Bertz CT molecular complexity index is 540. The molecule has 0 heterocycles. The number of carboxylic acids is 2. The number of aliphatic carboxylic acids is 2. The average Bonchev–Trinajstić information content (AvgIpc) is 2.31. The van der Waals surface area contributed by atoms with Gasteiger partial charge in [-0.25, -0.2) is 0 Å². The van der Waals surface area contributed by atoms with Crippen molar-refractivity contribution in [1.29, 1.82) is 0 Å². The lowest BCUT2D eigenvalue weighted by molar-refractivity contribution is -0.142. The molecule has 0 saturated carbocycles. The molecule has 3 N–H and O–H groups in total. The van der Waals surface area contributed by atoms with Crippen LogP contribution in [0, 0.1) is 13.8 Å². The van der Waals surface area contributed by atoms with Crippen molar-refractivity contribution >= 4 is 23.5 Å². The molecule has 0 aromatic heterocycles. The van der Waals surface area contributed by atoms with Gasteiger partial charge in [0.1, 0.15) is 0 Å². The van der Waals surface area contributed by atoms with E-state index in [0.29, 0.717) is 5.69 Å². The Kier molecular flexibility index (Phi) is 5.86. The fourth-order valence-corrected chi connectivity index (χ4v) is 1.77. The molecule has 0 fully saturated rings. The van der Waals surface area contributed by atoms with Gasteiger partial charge in [0, 0.05) is 5.69 Å². The number of carbonyl (C=O) groups excluding carboxylic acids is 1. The highest BCUT2D eigenvalue weighted by Crippen LogP contribution is 2.14. The van der Waals surface area contributed by atoms with Crippen molar-refractivity contribution in [3.8, 4) is 0 Å². The largest absolute Gasteiger partial charge is 0.480 e. The summed E-state index contributed by atoms with van der Waals surface area (Å²) in [5.74, 6) is -2.83. The van der Waals surface area contributed by atoms with E-state index in [1.807, 2.05) is 19.9 Å². The standard InChI is InChI=1S/C14H18N2O5/c1-9-3-4-11(5-10(9)2)15-12(17)6-16(7-13(18)19)8-14(20)21/h3-5H,6-8H2,1-2H3,(H,15,17)(H,18,19)(H,20,21). The van der Waals surface area contributed by atoms with Gasteiger partial charge in [0.15, 0.2) is 0 Å². The molecule has 0 aliphatic heterocycles. The van der Waals surface area contributed by atoms with Crippen molar-refractivity contribution in [2.24, 2.45) is 0 Å². The second-order valence-electron chi connectivity index (χ2n) is 4.78. The Hall–Kier alpha value is -2.41. The van der Waals surface area contributed by atoms with Crippen LogP contribution in [0.5, 0.6) is 0 Å². The summed E-state index contributed by atoms with van der Waals surface area (Å²) in [5, 5.41) is 20.0. The number of amides is 1. The molecule has 0 unspecified atom stereocenters. The number of benzene rings is 1. The van der Waals surface area contributed by atoms with Crippen LogP contribution < -0.4 is 5.32 Å². The van der Waals surface area contributed by atoms with Crippen molar-refractivity contribution in [3.05, 3.63) is 29.3 Å². The van der Waals surface area contributed by atoms with Gasteiger partial charge in [-0.2, -0.15) is 0 Å². The predicted molar refractivity (Wildman–Crippen MR) is 76.3 cm³/mol. The lowest BCUT2D eigenvalue weighted by Gasteiger charge is -2.17. The van der Waals surface area contributed by atoms with E-state index < -0.39 is 30.9 Å². The van der Waals surface area contributed by atoms with Crippen molar-refractivity contribution in [3.63, 3.8) is 0 Å². The minimum atomic E-state index is -1.18. The van der Waals surface area contributed by atoms with Crippen LogP contribution in [0.15, 0.2) is 18.2 Å². The molecular weight excluding hydrogens is 276 g/mol. The first kappa shape index (κ1) is 16.6. The SMILES string of the molecule is Cc1ccc(NC(=O)CN(CC(=O)O)CC(=O)O)cc1C. The maximum absolute atomic E-state index is 11.8. The van der Waals surface area contributed by atoms with Crippen LogP contribution in [0.1, 0.15) is 11.1 Å². The summed E-state index contributed by atoms with van der Waals surface area (Å²) in [6.45, 7) is 2.54. The molecule has 7 heteroatoms. The molecule has 1 aromatic rings. The molecule has 1 amide bonds. The molecule has 7 nitrogen and oxygen atoms in total. The van der Waals surface area contributed by atoms with Crippen LogP contribution in [0.25, 0.3) is 0 Å². The number of rotatable bonds is 7. The van der Waals surface area contributed by atoms with Crippen molar-refractivity contribution in [2.45, 2.75) is 13.8 Å². The zero-order valence-corrected chi connectivity index (χ0v) is 11.9. The van der Waals surface area contributed by atoms with E-state index >= 15 is 0 Å². The third-order valence-electron chi connectivity index (χ3n) is 2.88. The van der Waals surface area contributed by atoms with Crippen LogP contribution in [-0.2, 0) is 14.4 Å². The Balaban J connectivity index is 2.66. The maximum Gasteiger partial charge on any atom is 0.317 e. The van der Waals surface area contributed by atoms with Gasteiger partial charge in [-0.1, -0.05) is 6.07 Å². The van der Waals surface area contributed by atoms with Gasteiger partial charge in [0.25, 0.3) is 0 Å². The van der Waals surface area contributed by atoms with E-state index in [2.05, 4.69) is 5.32 Å². The third kappa shape index (κ3) is 6.05. The Morgan fingerprint density at radius 3 is 2.05 bits per heavy atom. The second kappa shape index (κ2) is 7.39. The normalized spacial score (nSPS) is 10.4. The molecule has 0 bridgehead atoms. The lowest BCUT2D eigenvalue weighted by atomic mass is 10.1. The maximum atomic E-state index is 11.8. The molecule has 1 aromatic carbocycles. The monoisotopic (exact) mass is 294 g/mol. The minimum absolute atomic E-state index is 0.300. The number of anilines is 1. The van der Waals surface area contributed by atoms with Gasteiger partial charge in [0.2, 0.25) is 5.91 Å². The van der Waals surface area contributed by atoms with Gasteiger partial charge < -0.3 is 15.5 Å². The zero-order valence-electron chi connectivity index (χ0n) is 11.9. The predicted octanol–water partition coefficient (Wildman–Crippen LogP) is 0.713. The summed E-state index contributed by atoms with van der Waals surface area (Å²) in [5.41, 5.74) is 2.70. The topological polar surface area (TPSA) is 107 Å². The molecule has 0 spiro atoms. The van der Waals surface area contributed by atoms with E-state index in [9.17, 15) is 14.4 Å². The number of carbonyl (C=O) groups is 3. The zero-order chi connectivity index (χ0) is 16.0. The molecule has 0 atom stereocenters. The molecule has 0 aliphatic rings. The van der Waals surface area contributed by atoms with Crippen LogP contribution >= 0.6 is 0 Å². The Morgan fingerprint density at radius 2 is 1.57 bits per heavy atom. The fraction of sp³-hybridized carbons (Fsp3) is 0.357. The van der Waals surface area contributed by atoms with E-state index in [1.165, 1.54) is 0 Å². The Labute approximate surface area is 122 Å². The first-order valence-corrected chi connectivity index (χ1v) is 6.31. The summed E-state index contributed by atoms with van der Waals surface area (Å²) in [7, 11) is 0. The average molecular weight is 294 g/mol. The van der Waals surface area contributed by atoms with Crippen LogP contribution in [0.3, 0.4) is 0 Å².